The maximum Gasteiger partial charge on any atom is 0.322 e. The van der Waals surface area contributed by atoms with Gasteiger partial charge in [-0.3, -0.25) is 9.59 Å². The van der Waals surface area contributed by atoms with Gasteiger partial charge in [-0.15, -0.1) is 0 Å². The quantitative estimate of drug-likeness (QED) is 0.492. The van der Waals surface area contributed by atoms with Crippen molar-refractivity contribution in [2.45, 2.75) is 26.3 Å². The summed E-state index contributed by atoms with van der Waals surface area (Å²) in [7, 11) is -3.92. The largest absolute Gasteiger partial charge is 0.480 e. The Kier molecular flexibility index (Phi) is 6.07. The molecule has 0 fully saturated rings. The number of aliphatic carboxylic acids is 1. The second-order valence-electron chi connectivity index (χ2n) is 3.27. The number of carbonyl (C=O) groups excluding carboxylic acids is 1. The van der Waals surface area contributed by atoms with E-state index in [2.05, 4.69) is 0 Å². The van der Waals surface area contributed by atoms with E-state index < -0.39 is 34.5 Å². The van der Waals surface area contributed by atoms with Crippen molar-refractivity contribution in [2.75, 3.05) is 13.1 Å². The fraction of sp³-hybridized carbons (Fsp3) is 0.750. The van der Waals surface area contributed by atoms with Crippen molar-refractivity contribution in [2.24, 2.45) is 5.73 Å². The van der Waals surface area contributed by atoms with E-state index in [1.54, 1.807) is 13.8 Å². The van der Waals surface area contributed by atoms with Crippen LogP contribution in [0.25, 0.3) is 0 Å². The average molecular weight is 267 g/mol. The molecule has 0 aromatic carbocycles. The summed E-state index contributed by atoms with van der Waals surface area (Å²) in [6.45, 7) is 3.64. The van der Waals surface area contributed by atoms with Crippen LogP contribution >= 0.6 is 0 Å². The van der Waals surface area contributed by atoms with E-state index in [-0.39, 0.29) is 13.1 Å². The van der Waals surface area contributed by atoms with Crippen molar-refractivity contribution in [3.63, 3.8) is 0 Å². The molecule has 4 N–H and O–H groups in total. The fourth-order valence-corrected chi connectivity index (χ4v) is 2.57. The molecular formula is C8H17N3O5S. The molecule has 0 rings (SSSR count). The molecule has 0 radical (unpaired) electrons. The molecule has 9 heteroatoms. The third-order valence-electron chi connectivity index (χ3n) is 2.04. The Balaban J connectivity index is 4.86. The Morgan fingerprint density at radius 3 is 2.12 bits per heavy atom. The van der Waals surface area contributed by atoms with Gasteiger partial charge in [0.2, 0.25) is 5.91 Å². The van der Waals surface area contributed by atoms with Crippen LogP contribution in [0.2, 0.25) is 0 Å². The number of hydrogen-bond acceptors (Lipinski definition) is 4. The summed E-state index contributed by atoms with van der Waals surface area (Å²) in [5.41, 5.74) is 4.84. The lowest BCUT2D eigenvalue weighted by Crippen LogP contribution is -2.49. The van der Waals surface area contributed by atoms with Crippen LogP contribution in [0, 0.1) is 0 Å². The molecule has 0 aromatic rings. The van der Waals surface area contributed by atoms with Crippen LogP contribution in [0.3, 0.4) is 0 Å². The Morgan fingerprint density at radius 2 is 1.82 bits per heavy atom. The monoisotopic (exact) mass is 267 g/mol. The zero-order valence-corrected chi connectivity index (χ0v) is 10.5. The molecule has 0 aliphatic rings. The van der Waals surface area contributed by atoms with E-state index in [9.17, 15) is 18.0 Å². The Labute approximate surface area is 100.0 Å². The van der Waals surface area contributed by atoms with E-state index in [1.165, 1.54) is 0 Å². The Hall–Kier alpha value is -1.19. The predicted octanol–water partition coefficient (Wildman–Crippen LogP) is -1.51. The molecule has 1 unspecified atom stereocenters. The highest BCUT2D eigenvalue weighted by atomic mass is 32.2. The normalized spacial score (nSPS) is 13.6. The van der Waals surface area contributed by atoms with Crippen LogP contribution < -0.4 is 10.5 Å². The maximum atomic E-state index is 11.7. The number of nitrogens with two attached hydrogens (primary N) is 1. The van der Waals surface area contributed by atoms with E-state index >= 15 is 0 Å². The molecule has 100 valence electrons. The molecule has 17 heavy (non-hydrogen) atoms. The fourth-order valence-electron chi connectivity index (χ4n) is 1.20. The molecule has 1 atom stereocenters. The lowest BCUT2D eigenvalue weighted by Gasteiger charge is -2.21. The number of nitrogens with one attached hydrogen (secondary N) is 1. The van der Waals surface area contributed by atoms with Gasteiger partial charge in [-0.1, -0.05) is 13.8 Å². The number of rotatable bonds is 8. The summed E-state index contributed by atoms with van der Waals surface area (Å²) in [6, 6.07) is -1.54. The summed E-state index contributed by atoms with van der Waals surface area (Å²) in [5, 5.41) is 8.76. The smallest absolute Gasteiger partial charge is 0.322 e. The highest BCUT2D eigenvalue weighted by molar-refractivity contribution is 7.87. The summed E-state index contributed by atoms with van der Waals surface area (Å²) in [5.74, 6) is -2.33. The van der Waals surface area contributed by atoms with Crippen molar-refractivity contribution in [3.05, 3.63) is 0 Å². The maximum absolute atomic E-state index is 11.7. The summed E-state index contributed by atoms with van der Waals surface area (Å²) < 4.78 is 26.3. The molecule has 8 nitrogen and oxygen atoms in total. The first-order valence-electron chi connectivity index (χ1n) is 5.03. The van der Waals surface area contributed by atoms with Crippen molar-refractivity contribution >= 4 is 22.1 Å². The SMILES string of the molecule is CCN(CC)S(=O)(=O)NC(CC(N)=O)C(=O)O. The number of carbonyl (C=O) groups is 2. The van der Waals surface area contributed by atoms with Gasteiger partial charge in [0.1, 0.15) is 6.04 Å². The van der Waals surface area contributed by atoms with Gasteiger partial charge in [-0.05, 0) is 0 Å². The molecule has 1 amide bonds. The van der Waals surface area contributed by atoms with Gasteiger partial charge >= 0.3 is 5.97 Å². The highest BCUT2D eigenvalue weighted by Gasteiger charge is 2.28. The molecule has 0 heterocycles. The summed E-state index contributed by atoms with van der Waals surface area (Å²) in [4.78, 5) is 21.4. The zero-order chi connectivity index (χ0) is 13.6. The highest BCUT2D eigenvalue weighted by Crippen LogP contribution is 2.01. The van der Waals surface area contributed by atoms with Gasteiger partial charge in [0, 0.05) is 13.1 Å². The first-order chi connectivity index (χ1) is 7.74. The second kappa shape index (κ2) is 6.52. The van der Waals surface area contributed by atoms with E-state index in [0.717, 1.165) is 4.31 Å². The first kappa shape index (κ1) is 15.8. The number of amides is 1. The molecule has 0 spiro atoms. The molecule has 0 saturated heterocycles. The third kappa shape index (κ3) is 5.11. The first-order valence-corrected chi connectivity index (χ1v) is 6.47. The van der Waals surface area contributed by atoms with Crippen molar-refractivity contribution < 1.29 is 23.1 Å². The average Bonchev–Trinajstić information content (AvgIpc) is 2.16. The van der Waals surface area contributed by atoms with Crippen LogP contribution in [0.15, 0.2) is 0 Å². The van der Waals surface area contributed by atoms with Crippen LogP contribution in [-0.4, -0.2) is 48.8 Å². The molecule has 0 aromatic heterocycles. The van der Waals surface area contributed by atoms with Crippen molar-refractivity contribution in [3.8, 4) is 0 Å². The summed E-state index contributed by atoms with van der Waals surface area (Å²) >= 11 is 0. The molecular weight excluding hydrogens is 250 g/mol. The number of carboxylic acid groups (broad SMARTS) is 1. The van der Waals surface area contributed by atoms with E-state index in [4.69, 9.17) is 10.8 Å². The minimum Gasteiger partial charge on any atom is -0.480 e. The lowest BCUT2D eigenvalue weighted by molar-refractivity contribution is -0.140. The van der Waals surface area contributed by atoms with Crippen molar-refractivity contribution in [1.29, 1.82) is 0 Å². The minimum absolute atomic E-state index is 0.203. The van der Waals surface area contributed by atoms with Crippen LogP contribution in [0.1, 0.15) is 20.3 Å². The van der Waals surface area contributed by atoms with Crippen LogP contribution in [0.4, 0.5) is 0 Å². The second-order valence-corrected chi connectivity index (χ2v) is 4.97. The molecule has 0 aliphatic carbocycles. The number of primary amides is 1. The van der Waals surface area contributed by atoms with Crippen molar-refractivity contribution in [1.82, 2.24) is 9.03 Å². The molecule has 0 saturated carbocycles. The van der Waals surface area contributed by atoms with Gasteiger partial charge < -0.3 is 10.8 Å². The van der Waals surface area contributed by atoms with E-state index in [1.807, 2.05) is 4.72 Å². The number of nitrogens with zero attached hydrogens (tertiary/aromatic N) is 1. The van der Waals surface area contributed by atoms with Gasteiger partial charge in [-0.2, -0.15) is 17.4 Å². The minimum atomic E-state index is -3.92. The van der Waals surface area contributed by atoms with E-state index in [0.29, 0.717) is 0 Å². The number of carboxylic acids is 1. The Morgan fingerprint density at radius 1 is 1.35 bits per heavy atom. The molecule has 0 aliphatic heterocycles. The van der Waals surface area contributed by atoms with Gasteiger partial charge in [0.25, 0.3) is 10.2 Å². The van der Waals surface area contributed by atoms with Gasteiger partial charge in [0.15, 0.2) is 0 Å². The standard InChI is InChI=1S/C8H17N3O5S/c1-3-11(4-2)17(15,16)10-6(8(13)14)5-7(9)12/h6,10H,3-5H2,1-2H3,(H2,9,12)(H,13,14). The number of hydrogen-bond donors (Lipinski definition) is 3. The third-order valence-corrected chi connectivity index (χ3v) is 3.82. The topological polar surface area (TPSA) is 130 Å². The van der Waals surface area contributed by atoms with Crippen LogP contribution in [0.5, 0.6) is 0 Å². The lowest BCUT2D eigenvalue weighted by atomic mass is 10.2. The molecule has 0 bridgehead atoms. The predicted molar refractivity (Wildman–Crippen MR) is 60.2 cm³/mol. The Bertz CT molecular complexity index is 377. The zero-order valence-electron chi connectivity index (χ0n) is 9.71. The summed E-state index contributed by atoms with van der Waals surface area (Å²) in [6.07, 6.45) is -0.587. The van der Waals surface area contributed by atoms with Gasteiger partial charge in [0.05, 0.1) is 6.42 Å². The van der Waals surface area contributed by atoms with Crippen LogP contribution in [-0.2, 0) is 19.8 Å². The van der Waals surface area contributed by atoms with Gasteiger partial charge in [-0.25, -0.2) is 0 Å².